The van der Waals surface area contributed by atoms with Gasteiger partial charge in [-0.25, -0.2) is 13.1 Å². The number of hydrogen-bond donors (Lipinski definition) is 2. The van der Waals surface area contributed by atoms with Gasteiger partial charge in [0.2, 0.25) is 10.0 Å². The predicted octanol–water partition coefficient (Wildman–Crippen LogP) is 2.94. The van der Waals surface area contributed by atoms with Gasteiger partial charge in [0.25, 0.3) is 0 Å². The number of nitrogens with one attached hydrogen (secondary N) is 2. The van der Waals surface area contributed by atoms with Gasteiger partial charge < -0.3 is 5.32 Å². The van der Waals surface area contributed by atoms with Crippen LogP contribution in [-0.4, -0.2) is 27.0 Å². The Morgan fingerprint density at radius 2 is 2.15 bits per heavy atom. The minimum absolute atomic E-state index is 0. The average Bonchev–Trinajstić information content (AvgIpc) is 2.31. The van der Waals surface area contributed by atoms with E-state index in [-0.39, 0.29) is 29.4 Å². The van der Waals surface area contributed by atoms with Crippen molar-refractivity contribution in [1.29, 1.82) is 0 Å². The van der Waals surface area contributed by atoms with Crippen molar-refractivity contribution >= 4 is 50.0 Å². The first-order valence-electron chi connectivity index (χ1n) is 6.11. The topological polar surface area (TPSA) is 58.2 Å². The van der Waals surface area contributed by atoms with Crippen LogP contribution in [0.3, 0.4) is 0 Å². The molecule has 1 heterocycles. The van der Waals surface area contributed by atoms with Crippen LogP contribution < -0.4 is 10.0 Å². The predicted molar refractivity (Wildman–Crippen MR) is 87.2 cm³/mol. The molecule has 1 aliphatic rings. The van der Waals surface area contributed by atoms with Crippen molar-refractivity contribution in [2.24, 2.45) is 0 Å². The molecule has 0 spiro atoms. The summed E-state index contributed by atoms with van der Waals surface area (Å²) in [5.74, 6) is 0. The molecule has 1 saturated heterocycles. The summed E-state index contributed by atoms with van der Waals surface area (Å²) in [7, 11) is -3.54. The third-order valence-electron chi connectivity index (χ3n) is 3.25. The van der Waals surface area contributed by atoms with Crippen LogP contribution in [0.4, 0.5) is 0 Å². The fraction of sp³-hybridized carbons (Fsp3) is 0.500. The van der Waals surface area contributed by atoms with Gasteiger partial charge in [-0.1, -0.05) is 11.6 Å². The van der Waals surface area contributed by atoms with Gasteiger partial charge in [-0.05, 0) is 60.4 Å². The van der Waals surface area contributed by atoms with Crippen molar-refractivity contribution in [2.75, 3.05) is 6.54 Å². The zero-order valence-electron chi connectivity index (χ0n) is 10.9. The molecule has 2 N–H and O–H groups in total. The maximum atomic E-state index is 12.4. The Kier molecular flexibility index (Phi) is 6.76. The van der Waals surface area contributed by atoms with Crippen molar-refractivity contribution in [3.05, 3.63) is 27.7 Å². The van der Waals surface area contributed by atoms with E-state index >= 15 is 0 Å². The molecule has 1 aromatic rings. The van der Waals surface area contributed by atoms with Crippen LogP contribution in [-0.2, 0) is 10.0 Å². The third-order valence-corrected chi connectivity index (χ3v) is 5.95. The molecular weight excluding hydrogens is 387 g/mol. The maximum absolute atomic E-state index is 12.4. The molecule has 20 heavy (non-hydrogen) atoms. The van der Waals surface area contributed by atoms with Crippen molar-refractivity contribution < 1.29 is 8.42 Å². The number of benzene rings is 1. The summed E-state index contributed by atoms with van der Waals surface area (Å²) in [4.78, 5) is 0.217. The third kappa shape index (κ3) is 4.32. The van der Waals surface area contributed by atoms with E-state index in [1.807, 2.05) is 6.92 Å². The molecule has 1 aliphatic heterocycles. The van der Waals surface area contributed by atoms with Crippen LogP contribution in [0.5, 0.6) is 0 Å². The van der Waals surface area contributed by atoms with Gasteiger partial charge in [-0.3, -0.25) is 0 Å². The number of hydrogen-bond acceptors (Lipinski definition) is 3. The van der Waals surface area contributed by atoms with E-state index in [0.29, 0.717) is 9.50 Å². The van der Waals surface area contributed by atoms with Crippen molar-refractivity contribution in [3.8, 4) is 0 Å². The summed E-state index contributed by atoms with van der Waals surface area (Å²) in [5, 5.41) is 3.77. The number of halogens is 3. The SMILES string of the molecule is CC1NCCCC1NS(=O)(=O)c1ccc(Cl)cc1Br.Cl. The quantitative estimate of drug-likeness (QED) is 0.815. The van der Waals surface area contributed by atoms with Crippen molar-refractivity contribution in [1.82, 2.24) is 10.0 Å². The van der Waals surface area contributed by atoms with E-state index in [0.717, 1.165) is 19.4 Å². The Hall–Kier alpha value is 0.150. The zero-order valence-corrected chi connectivity index (χ0v) is 14.9. The summed E-state index contributed by atoms with van der Waals surface area (Å²) < 4.78 is 28.0. The van der Waals surface area contributed by atoms with Gasteiger partial charge in [0.05, 0.1) is 4.90 Å². The zero-order chi connectivity index (χ0) is 14.0. The summed E-state index contributed by atoms with van der Waals surface area (Å²) in [6.07, 6.45) is 1.82. The number of rotatable bonds is 3. The second-order valence-corrected chi connectivity index (χ2v) is 7.66. The molecule has 0 aromatic heterocycles. The van der Waals surface area contributed by atoms with Crippen LogP contribution in [0, 0.1) is 0 Å². The first-order chi connectivity index (χ1) is 8.90. The van der Waals surface area contributed by atoms with Crippen LogP contribution in [0.15, 0.2) is 27.6 Å². The molecule has 2 rings (SSSR count). The first kappa shape index (κ1) is 18.2. The van der Waals surface area contributed by atoms with Crippen LogP contribution in [0.1, 0.15) is 19.8 Å². The molecule has 2 atom stereocenters. The Bertz CT molecular complexity index is 569. The van der Waals surface area contributed by atoms with E-state index in [2.05, 4.69) is 26.0 Å². The summed E-state index contributed by atoms with van der Waals surface area (Å²) in [6.45, 7) is 2.92. The monoisotopic (exact) mass is 402 g/mol. The highest BCUT2D eigenvalue weighted by Gasteiger charge is 2.27. The number of piperidine rings is 1. The van der Waals surface area contributed by atoms with Crippen LogP contribution >= 0.6 is 39.9 Å². The molecule has 0 saturated carbocycles. The molecule has 0 bridgehead atoms. The van der Waals surface area contributed by atoms with E-state index in [4.69, 9.17) is 11.6 Å². The van der Waals surface area contributed by atoms with E-state index in [1.54, 1.807) is 12.1 Å². The van der Waals surface area contributed by atoms with Gasteiger partial charge in [0.15, 0.2) is 0 Å². The average molecular weight is 404 g/mol. The normalized spacial score (nSPS) is 23.1. The molecule has 2 unspecified atom stereocenters. The van der Waals surface area contributed by atoms with Gasteiger partial charge in [-0.2, -0.15) is 0 Å². The highest BCUT2D eigenvalue weighted by molar-refractivity contribution is 9.10. The highest BCUT2D eigenvalue weighted by Crippen LogP contribution is 2.26. The molecule has 1 aromatic carbocycles. The molecule has 0 amide bonds. The largest absolute Gasteiger partial charge is 0.313 e. The highest BCUT2D eigenvalue weighted by atomic mass is 79.9. The molecule has 4 nitrogen and oxygen atoms in total. The van der Waals surface area contributed by atoms with E-state index in [1.165, 1.54) is 6.07 Å². The van der Waals surface area contributed by atoms with Gasteiger partial charge in [0.1, 0.15) is 0 Å². The molecule has 0 aliphatic carbocycles. The standard InChI is InChI=1S/C12H16BrClN2O2S.ClH/c1-8-11(3-2-6-15-8)16-19(17,18)12-5-4-9(14)7-10(12)13;/h4-5,7-8,11,15-16H,2-3,6H2,1H3;1H. The minimum Gasteiger partial charge on any atom is -0.313 e. The summed E-state index contributed by atoms with van der Waals surface area (Å²) in [5.41, 5.74) is 0. The second kappa shape index (κ2) is 7.42. The number of sulfonamides is 1. The van der Waals surface area contributed by atoms with Crippen molar-refractivity contribution in [3.63, 3.8) is 0 Å². The van der Waals surface area contributed by atoms with Gasteiger partial charge in [0, 0.05) is 21.6 Å². The van der Waals surface area contributed by atoms with Crippen molar-refractivity contribution in [2.45, 2.75) is 36.7 Å². The first-order valence-corrected chi connectivity index (χ1v) is 8.76. The van der Waals surface area contributed by atoms with Crippen LogP contribution in [0.2, 0.25) is 5.02 Å². The molecule has 0 radical (unpaired) electrons. The van der Waals surface area contributed by atoms with E-state index in [9.17, 15) is 8.42 Å². The smallest absolute Gasteiger partial charge is 0.241 e. The lowest BCUT2D eigenvalue weighted by Crippen LogP contribution is -2.51. The fourth-order valence-electron chi connectivity index (χ4n) is 2.16. The van der Waals surface area contributed by atoms with Crippen LogP contribution in [0.25, 0.3) is 0 Å². The second-order valence-electron chi connectivity index (χ2n) is 4.69. The summed E-state index contributed by atoms with van der Waals surface area (Å²) in [6, 6.07) is 4.72. The Balaban J connectivity index is 0.00000200. The van der Waals surface area contributed by atoms with E-state index < -0.39 is 10.0 Å². The minimum atomic E-state index is -3.54. The lowest BCUT2D eigenvalue weighted by molar-refractivity contribution is 0.349. The molecule has 114 valence electrons. The Labute approximate surface area is 139 Å². The Morgan fingerprint density at radius 3 is 2.75 bits per heavy atom. The maximum Gasteiger partial charge on any atom is 0.241 e. The summed E-state index contributed by atoms with van der Waals surface area (Å²) >= 11 is 9.07. The molecule has 1 fully saturated rings. The van der Waals surface area contributed by atoms with Gasteiger partial charge in [-0.15, -0.1) is 12.4 Å². The van der Waals surface area contributed by atoms with Gasteiger partial charge >= 0.3 is 0 Å². The lowest BCUT2D eigenvalue weighted by atomic mass is 10.0. The molecular formula is C12H17BrCl2N2O2S. The fourth-order valence-corrected chi connectivity index (χ4v) is 4.89. The molecule has 8 heteroatoms. The Morgan fingerprint density at radius 1 is 1.45 bits per heavy atom. The lowest BCUT2D eigenvalue weighted by Gasteiger charge is -2.30.